The van der Waals surface area contributed by atoms with E-state index in [0.29, 0.717) is 5.95 Å². The van der Waals surface area contributed by atoms with E-state index in [9.17, 15) is 0 Å². The number of rotatable bonds is 5. The molecule has 5 nitrogen and oxygen atoms in total. The quantitative estimate of drug-likeness (QED) is 0.871. The Kier molecular flexibility index (Phi) is 4.79. The molecule has 0 unspecified atom stereocenters. The Morgan fingerprint density at radius 2 is 2.15 bits per heavy atom. The van der Waals surface area contributed by atoms with Crippen LogP contribution in [0.3, 0.4) is 0 Å². The van der Waals surface area contributed by atoms with E-state index in [4.69, 9.17) is 4.74 Å². The van der Waals surface area contributed by atoms with Crippen molar-refractivity contribution in [2.45, 2.75) is 13.8 Å². The van der Waals surface area contributed by atoms with Gasteiger partial charge in [-0.2, -0.15) is 4.98 Å². The molecule has 0 spiro atoms. The van der Waals surface area contributed by atoms with Crippen LogP contribution < -0.4 is 15.4 Å². The first-order valence-electron chi connectivity index (χ1n) is 6.32. The molecule has 1 aromatic carbocycles. The van der Waals surface area contributed by atoms with E-state index < -0.39 is 0 Å². The lowest BCUT2D eigenvalue weighted by Gasteiger charge is -2.12. The zero-order chi connectivity index (χ0) is 14.5. The van der Waals surface area contributed by atoms with E-state index in [2.05, 4.69) is 36.5 Å². The predicted molar refractivity (Wildman–Crippen MR) is 84.9 cm³/mol. The number of nitrogens with one attached hydrogen (secondary N) is 2. The Morgan fingerprint density at radius 1 is 1.35 bits per heavy atom. The Bertz CT molecular complexity index is 604. The van der Waals surface area contributed by atoms with Gasteiger partial charge in [-0.15, -0.1) is 0 Å². The number of aryl methyl sites for hydroxylation is 1. The standard InChI is InChI=1S/C14H17BrN4O/c1-4-16-14-17-8-11(15)13(19-14)18-12-6-5-10(20-3)7-9(12)2/h5-8H,4H2,1-3H3,(H2,16,17,18,19). The third kappa shape index (κ3) is 3.39. The number of hydrogen-bond donors (Lipinski definition) is 2. The smallest absolute Gasteiger partial charge is 0.224 e. The van der Waals surface area contributed by atoms with Gasteiger partial charge in [0.2, 0.25) is 5.95 Å². The molecule has 0 aliphatic heterocycles. The predicted octanol–water partition coefficient (Wildman–Crippen LogP) is 3.73. The molecular formula is C14H17BrN4O. The number of aromatic nitrogens is 2. The summed E-state index contributed by atoms with van der Waals surface area (Å²) in [5, 5.41) is 6.39. The summed E-state index contributed by atoms with van der Waals surface area (Å²) in [6.07, 6.45) is 1.73. The third-order valence-electron chi connectivity index (χ3n) is 2.77. The Labute approximate surface area is 126 Å². The van der Waals surface area contributed by atoms with E-state index in [1.165, 1.54) is 0 Å². The van der Waals surface area contributed by atoms with Gasteiger partial charge in [-0.1, -0.05) is 0 Å². The van der Waals surface area contributed by atoms with Gasteiger partial charge < -0.3 is 15.4 Å². The summed E-state index contributed by atoms with van der Waals surface area (Å²) in [6.45, 7) is 4.81. The van der Waals surface area contributed by atoms with Crippen LogP contribution in [0.5, 0.6) is 5.75 Å². The summed E-state index contributed by atoms with van der Waals surface area (Å²) in [5.41, 5.74) is 2.06. The minimum Gasteiger partial charge on any atom is -0.497 e. The molecule has 0 aliphatic rings. The summed E-state index contributed by atoms with van der Waals surface area (Å²) in [4.78, 5) is 8.62. The number of benzene rings is 1. The average Bonchev–Trinajstić information content (AvgIpc) is 2.44. The number of nitrogens with zero attached hydrogens (tertiary/aromatic N) is 2. The second-order valence-corrected chi connectivity index (χ2v) is 5.08. The van der Waals surface area contributed by atoms with Gasteiger partial charge >= 0.3 is 0 Å². The van der Waals surface area contributed by atoms with Crippen molar-refractivity contribution in [3.63, 3.8) is 0 Å². The molecule has 0 saturated carbocycles. The van der Waals surface area contributed by atoms with Crippen LogP contribution in [-0.4, -0.2) is 23.6 Å². The van der Waals surface area contributed by atoms with Gasteiger partial charge in [-0.05, 0) is 53.5 Å². The van der Waals surface area contributed by atoms with Crippen LogP contribution in [0.25, 0.3) is 0 Å². The van der Waals surface area contributed by atoms with Gasteiger partial charge in [0.15, 0.2) is 0 Å². The fourth-order valence-electron chi connectivity index (χ4n) is 1.73. The minimum absolute atomic E-state index is 0.601. The molecule has 2 N–H and O–H groups in total. The molecule has 0 aliphatic carbocycles. The van der Waals surface area contributed by atoms with E-state index in [0.717, 1.165) is 33.8 Å². The van der Waals surface area contributed by atoms with Crippen LogP contribution in [-0.2, 0) is 0 Å². The van der Waals surface area contributed by atoms with Crippen molar-refractivity contribution in [1.82, 2.24) is 9.97 Å². The summed E-state index contributed by atoms with van der Waals surface area (Å²) in [6, 6.07) is 5.86. The molecule has 1 aromatic heterocycles. The second kappa shape index (κ2) is 6.56. The van der Waals surface area contributed by atoms with Gasteiger partial charge in [0.25, 0.3) is 0 Å². The molecule has 0 fully saturated rings. The largest absolute Gasteiger partial charge is 0.497 e. The highest BCUT2D eigenvalue weighted by molar-refractivity contribution is 9.10. The molecule has 1 heterocycles. The second-order valence-electron chi connectivity index (χ2n) is 4.23. The van der Waals surface area contributed by atoms with Crippen LogP contribution in [0.15, 0.2) is 28.9 Å². The van der Waals surface area contributed by atoms with Gasteiger partial charge in [0.1, 0.15) is 11.6 Å². The molecule has 2 aromatic rings. The van der Waals surface area contributed by atoms with Gasteiger partial charge in [-0.3, -0.25) is 0 Å². The molecule has 0 bridgehead atoms. The molecule has 0 saturated heterocycles. The lowest BCUT2D eigenvalue weighted by atomic mass is 10.2. The van der Waals surface area contributed by atoms with Crippen molar-refractivity contribution < 1.29 is 4.74 Å². The highest BCUT2D eigenvalue weighted by Gasteiger charge is 2.07. The van der Waals surface area contributed by atoms with Crippen LogP contribution in [0.4, 0.5) is 17.5 Å². The summed E-state index contributed by atoms with van der Waals surface area (Å²) in [5.74, 6) is 2.16. The maximum absolute atomic E-state index is 5.20. The molecule has 2 rings (SSSR count). The van der Waals surface area contributed by atoms with Crippen LogP contribution in [0.1, 0.15) is 12.5 Å². The highest BCUT2D eigenvalue weighted by atomic mass is 79.9. The summed E-state index contributed by atoms with van der Waals surface area (Å²) in [7, 11) is 1.66. The Hall–Kier alpha value is -1.82. The zero-order valence-electron chi connectivity index (χ0n) is 11.7. The first-order chi connectivity index (χ1) is 9.63. The number of methoxy groups -OCH3 is 1. The maximum atomic E-state index is 5.20. The monoisotopic (exact) mass is 336 g/mol. The van der Waals surface area contributed by atoms with Crippen molar-refractivity contribution in [3.05, 3.63) is 34.4 Å². The molecule has 20 heavy (non-hydrogen) atoms. The lowest BCUT2D eigenvalue weighted by molar-refractivity contribution is 0.414. The minimum atomic E-state index is 0.601. The highest BCUT2D eigenvalue weighted by Crippen LogP contribution is 2.28. The van der Waals surface area contributed by atoms with Crippen LogP contribution in [0, 0.1) is 6.92 Å². The lowest BCUT2D eigenvalue weighted by Crippen LogP contribution is -2.05. The molecule has 6 heteroatoms. The van der Waals surface area contributed by atoms with Crippen molar-refractivity contribution in [1.29, 1.82) is 0 Å². The zero-order valence-corrected chi connectivity index (χ0v) is 13.3. The fourth-order valence-corrected chi connectivity index (χ4v) is 2.02. The van der Waals surface area contributed by atoms with E-state index in [-0.39, 0.29) is 0 Å². The Morgan fingerprint density at radius 3 is 2.80 bits per heavy atom. The van der Waals surface area contributed by atoms with Crippen LogP contribution in [0.2, 0.25) is 0 Å². The number of ether oxygens (including phenoxy) is 1. The number of hydrogen-bond acceptors (Lipinski definition) is 5. The van der Waals surface area contributed by atoms with E-state index in [1.54, 1.807) is 13.3 Å². The Balaban J connectivity index is 2.27. The molecular weight excluding hydrogens is 320 g/mol. The number of halogens is 1. The first kappa shape index (κ1) is 14.6. The van der Waals surface area contributed by atoms with Crippen molar-refractivity contribution in [3.8, 4) is 5.75 Å². The van der Waals surface area contributed by atoms with Gasteiger partial charge in [0.05, 0.1) is 11.6 Å². The molecule has 0 atom stereocenters. The fraction of sp³-hybridized carbons (Fsp3) is 0.286. The molecule has 0 amide bonds. The number of anilines is 3. The van der Waals surface area contributed by atoms with Crippen molar-refractivity contribution in [2.24, 2.45) is 0 Å². The maximum Gasteiger partial charge on any atom is 0.224 e. The molecule has 0 radical (unpaired) electrons. The SMILES string of the molecule is CCNc1ncc(Br)c(Nc2ccc(OC)cc2C)n1. The first-order valence-corrected chi connectivity index (χ1v) is 7.11. The van der Waals surface area contributed by atoms with Crippen LogP contribution >= 0.6 is 15.9 Å². The van der Waals surface area contributed by atoms with E-state index in [1.807, 2.05) is 32.0 Å². The molecule has 106 valence electrons. The summed E-state index contributed by atoms with van der Waals surface area (Å²) < 4.78 is 6.02. The van der Waals surface area contributed by atoms with Crippen molar-refractivity contribution in [2.75, 3.05) is 24.3 Å². The van der Waals surface area contributed by atoms with Crippen molar-refractivity contribution >= 4 is 33.4 Å². The van der Waals surface area contributed by atoms with E-state index >= 15 is 0 Å². The van der Waals surface area contributed by atoms with Gasteiger partial charge in [0, 0.05) is 18.4 Å². The summed E-state index contributed by atoms with van der Waals surface area (Å²) >= 11 is 3.45. The normalized spacial score (nSPS) is 10.2. The third-order valence-corrected chi connectivity index (χ3v) is 3.35. The topological polar surface area (TPSA) is 59.1 Å². The average molecular weight is 337 g/mol. The van der Waals surface area contributed by atoms with Gasteiger partial charge in [-0.25, -0.2) is 4.98 Å².